The third kappa shape index (κ3) is 5.20. The van der Waals surface area contributed by atoms with Gasteiger partial charge < -0.3 is 13.9 Å². The lowest BCUT2D eigenvalue weighted by molar-refractivity contribution is -0.385. The number of nitro benzene ring substituents is 1. The van der Waals surface area contributed by atoms with Gasteiger partial charge in [0.2, 0.25) is 11.6 Å². The monoisotopic (exact) mass is 630 g/mol. The van der Waals surface area contributed by atoms with Crippen LogP contribution in [0.15, 0.2) is 117 Å². The average Bonchev–Trinajstić information content (AvgIpc) is 3.51. The van der Waals surface area contributed by atoms with E-state index in [0.29, 0.717) is 27.6 Å². The molecule has 0 saturated heterocycles. The van der Waals surface area contributed by atoms with E-state index in [9.17, 15) is 14.9 Å². The van der Waals surface area contributed by atoms with Crippen LogP contribution in [0.2, 0.25) is 5.02 Å². The first-order chi connectivity index (χ1) is 22.4. The number of halogens is 1. The second-order valence-electron chi connectivity index (χ2n) is 10.3. The van der Waals surface area contributed by atoms with E-state index in [4.69, 9.17) is 30.5 Å². The fourth-order valence-corrected chi connectivity index (χ4v) is 5.61. The lowest BCUT2D eigenvalue weighted by Crippen LogP contribution is -2.20. The summed E-state index contributed by atoms with van der Waals surface area (Å²) in [5, 5.41) is 19.7. The highest BCUT2D eigenvalue weighted by atomic mass is 35.5. The normalized spacial score (nSPS) is 11.5. The lowest BCUT2D eigenvalue weighted by atomic mass is 10.1. The van der Waals surface area contributed by atoms with Crippen LogP contribution < -0.4 is 15.0 Å². The molecule has 0 aliphatic heterocycles. The van der Waals surface area contributed by atoms with E-state index in [1.807, 2.05) is 42.5 Å². The van der Waals surface area contributed by atoms with Crippen molar-refractivity contribution in [3.8, 4) is 23.1 Å². The van der Waals surface area contributed by atoms with Crippen LogP contribution in [-0.2, 0) is 6.61 Å². The molecule has 0 radical (unpaired) electrons. The molecule has 0 bridgehead atoms. The van der Waals surface area contributed by atoms with Crippen molar-refractivity contribution in [3.05, 3.63) is 140 Å². The number of benzene rings is 5. The van der Waals surface area contributed by atoms with Gasteiger partial charge in [0.1, 0.15) is 17.9 Å². The van der Waals surface area contributed by atoms with Crippen LogP contribution in [0.25, 0.3) is 44.2 Å². The molecule has 11 heteroatoms. The second-order valence-corrected chi connectivity index (χ2v) is 10.8. The summed E-state index contributed by atoms with van der Waals surface area (Å²) in [7, 11) is 1.56. The summed E-state index contributed by atoms with van der Waals surface area (Å²) in [6.45, 7) is 0.0359. The minimum absolute atomic E-state index is 0.0359. The summed E-state index contributed by atoms with van der Waals surface area (Å²) in [5.74, 6) is 0.921. The predicted octanol–water partition coefficient (Wildman–Crippen LogP) is 7.99. The molecule has 0 unspecified atom stereocenters. The number of hydrogen-bond donors (Lipinski definition) is 0. The van der Waals surface area contributed by atoms with Crippen LogP contribution >= 0.6 is 11.6 Å². The van der Waals surface area contributed by atoms with Gasteiger partial charge in [-0.3, -0.25) is 14.9 Å². The van der Waals surface area contributed by atoms with Crippen molar-refractivity contribution in [3.63, 3.8) is 0 Å². The smallest absolute Gasteiger partial charge is 0.313 e. The van der Waals surface area contributed by atoms with Crippen LogP contribution in [0.1, 0.15) is 11.1 Å². The van der Waals surface area contributed by atoms with Crippen molar-refractivity contribution in [1.29, 1.82) is 0 Å². The van der Waals surface area contributed by atoms with E-state index in [1.165, 1.54) is 18.3 Å². The van der Waals surface area contributed by atoms with Crippen LogP contribution in [0.4, 0.5) is 5.69 Å². The fraction of sp³-hybridized carbons (Fsp3) is 0.0571. The fourth-order valence-electron chi connectivity index (χ4n) is 5.39. The minimum atomic E-state index is -0.571. The molecule has 0 amide bonds. The van der Waals surface area contributed by atoms with E-state index < -0.39 is 10.5 Å². The van der Waals surface area contributed by atoms with Crippen molar-refractivity contribution < 1.29 is 18.8 Å². The molecule has 7 rings (SSSR count). The van der Waals surface area contributed by atoms with Crippen molar-refractivity contribution in [2.75, 3.05) is 7.11 Å². The molecular weight excluding hydrogens is 608 g/mol. The first-order valence-corrected chi connectivity index (χ1v) is 14.5. The Morgan fingerprint density at radius 3 is 2.54 bits per heavy atom. The highest BCUT2D eigenvalue weighted by Gasteiger charge is 2.22. The molecule has 0 saturated carbocycles. The number of rotatable bonds is 8. The van der Waals surface area contributed by atoms with Crippen molar-refractivity contribution in [2.45, 2.75) is 6.61 Å². The summed E-state index contributed by atoms with van der Waals surface area (Å²) in [4.78, 5) is 30.1. The van der Waals surface area contributed by atoms with Crippen LogP contribution in [-0.4, -0.2) is 27.9 Å². The third-order valence-corrected chi connectivity index (χ3v) is 7.76. The molecule has 0 N–H and O–H groups in total. The van der Waals surface area contributed by atoms with Crippen LogP contribution in [0.5, 0.6) is 11.5 Å². The molecule has 2 aromatic heterocycles. The summed E-state index contributed by atoms with van der Waals surface area (Å²) in [6.07, 6.45) is 1.29. The Hall–Kier alpha value is -6.00. The van der Waals surface area contributed by atoms with Gasteiger partial charge in [0, 0.05) is 16.7 Å². The standard InChI is InChI=1S/C35H23ClN4O6/c1-44-30-14-7-15-31-27(30)18-32(46-31)34-38-28-13-5-4-12-26(28)35(41)39(34)37-19-23-16-24(36)17-29(40(42)43)33(23)45-20-22-10-6-9-21-8-2-3-11-25(21)22/h2-19H,20H2,1H3. The van der Waals surface area contributed by atoms with Crippen LogP contribution in [0, 0.1) is 10.1 Å². The van der Waals surface area contributed by atoms with E-state index in [0.717, 1.165) is 21.0 Å². The predicted molar refractivity (Wildman–Crippen MR) is 177 cm³/mol. The molecular formula is C35H23ClN4O6. The number of fused-ring (bicyclic) bond motifs is 3. The summed E-state index contributed by atoms with van der Waals surface area (Å²) >= 11 is 6.32. The largest absolute Gasteiger partial charge is 0.496 e. The Kier molecular flexibility index (Phi) is 7.39. The van der Waals surface area contributed by atoms with Crippen molar-refractivity contribution >= 4 is 56.1 Å². The van der Waals surface area contributed by atoms with E-state index in [-0.39, 0.29) is 40.2 Å². The Morgan fingerprint density at radius 2 is 1.72 bits per heavy atom. The van der Waals surface area contributed by atoms with Gasteiger partial charge in [-0.05, 0) is 52.7 Å². The number of nitrogens with zero attached hydrogens (tertiary/aromatic N) is 4. The molecule has 5 aromatic carbocycles. The number of hydrogen-bond acceptors (Lipinski definition) is 8. The van der Waals surface area contributed by atoms with E-state index >= 15 is 0 Å². The highest BCUT2D eigenvalue weighted by Crippen LogP contribution is 2.36. The maximum absolute atomic E-state index is 13.8. The second kappa shape index (κ2) is 11.8. The highest BCUT2D eigenvalue weighted by molar-refractivity contribution is 6.31. The first-order valence-electron chi connectivity index (χ1n) is 14.1. The number of furan rings is 1. The number of nitro groups is 1. The van der Waals surface area contributed by atoms with E-state index in [1.54, 1.807) is 55.6 Å². The summed E-state index contributed by atoms with van der Waals surface area (Å²) < 4.78 is 18.8. The summed E-state index contributed by atoms with van der Waals surface area (Å²) in [5.41, 5.74) is 1.18. The zero-order valence-electron chi connectivity index (χ0n) is 24.2. The maximum Gasteiger partial charge on any atom is 0.313 e. The molecule has 10 nitrogen and oxygen atoms in total. The van der Waals surface area contributed by atoms with Gasteiger partial charge >= 0.3 is 5.69 Å². The van der Waals surface area contributed by atoms with Gasteiger partial charge in [0.25, 0.3) is 5.56 Å². The molecule has 226 valence electrons. The molecule has 0 aliphatic rings. The quantitative estimate of drug-likeness (QED) is 0.0947. The molecule has 0 atom stereocenters. The molecule has 7 aromatic rings. The molecule has 0 spiro atoms. The molecule has 2 heterocycles. The molecule has 0 aliphatic carbocycles. The first kappa shape index (κ1) is 28.8. The Balaban J connectivity index is 1.37. The summed E-state index contributed by atoms with van der Waals surface area (Å²) in [6, 6.07) is 30.2. The van der Waals surface area contributed by atoms with Gasteiger partial charge in [0.15, 0.2) is 5.76 Å². The SMILES string of the molecule is COc1cccc2oc(-c3nc4ccccc4c(=O)n3N=Cc3cc(Cl)cc([N+](=O)[O-])c3OCc3cccc4ccccc34)cc12. The van der Waals surface area contributed by atoms with Crippen molar-refractivity contribution in [2.24, 2.45) is 5.10 Å². The number of ether oxygens (including phenoxy) is 2. The minimum Gasteiger partial charge on any atom is -0.496 e. The van der Waals surface area contributed by atoms with Crippen molar-refractivity contribution in [1.82, 2.24) is 9.66 Å². The third-order valence-electron chi connectivity index (χ3n) is 7.54. The van der Waals surface area contributed by atoms with Gasteiger partial charge in [-0.1, -0.05) is 72.3 Å². The van der Waals surface area contributed by atoms with Gasteiger partial charge in [-0.15, -0.1) is 0 Å². The lowest BCUT2D eigenvalue weighted by Gasteiger charge is -2.12. The van der Waals surface area contributed by atoms with E-state index in [2.05, 4.69) is 5.10 Å². The number of para-hydroxylation sites is 1. The Labute approximate surface area is 265 Å². The zero-order chi connectivity index (χ0) is 31.8. The number of aromatic nitrogens is 2. The average molecular weight is 631 g/mol. The van der Waals surface area contributed by atoms with Gasteiger partial charge in [-0.25, -0.2) is 4.98 Å². The Bertz CT molecular complexity index is 2390. The Morgan fingerprint density at radius 1 is 0.957 bits per heavy atom. The topological polar surface area (TPSA) is 122 Å². The maximum atomic E-state index is 13.8. The molecule has 0 fully saturated rings. The van der Waals surface area contributed by atoms with Gasteiger partial charge in [0.05, 0.1) is 34.5 Å². The van der Waals surface area contributed by atoms with Crippen LogP contribution in [0.3, 0.4) is 0 Å². The number of methoxy groups -OCH3 is 1. The van der Waals surface area contributed by atoms with Gasteiger partial charge in [-0.2, -0.15) is 9.78 Å². The molecule has 46 heavy (non-hydrogen) atoms. The zero-order valence-corrected chi connectivity index (χ0v) is 25.0.